The molecular weight excluding hydrogens is 178 g/mol. The van der Waals surface area contributed by atoms with Crippen LogP contribution < -0.4 is 11.1 Å². The van der Waals surface area contributed by atoms with Crippen LogP contribution in [0.3, 0.4) is 0 Å². The summed E-state index contributed by atoms with van der Waals surface area (Å²) < 4.78 is 0. The molecule has 2 aliphatic heterocycles. The fraction of sp³-hybridized carbons (Fsp3) is 0.700. The van der Waals surface area contributed by atoms with Crippen molar-refractivity contribution in [2.75, 3.05) is 19.6 Å². The van der Waals surface area contributed by atoms with Gasteiger partial charge in [0.05, 0.1) is 12.1 Å². The summed E-state index contributed by atoms with van der Waals surface area (Å²) >= 11 is 0. The molecule has 1 spiro atoms. The van der Waals surface area contributed by atoms with Gasteiger partial charge >= 0.3 is 0 Å². The number of primary amides is 1. The van der Waals surface area contributed by atoms with Gasteiger partial charge < -0.3 is 11.1 Å². The van der Waals surface area contributed by atoms with Crippen molar-refractivity contribution in [3.05, 3.63) is 12.7 Å². The first-order valence-corrected chi connectivity index (χ1v) is 5.08. The monoisotopic (exact) mass is 195 g/mol. The van der Waals surface area contributed by atoms with Crippen LogP contribution >= 0.6 is 0 Å². The molecule has 0 aliphatic carbocycles. The highest BCUT2D eigenvalue weighted by Crippen LogP contribution is 2.36. The highest BCUT2D eigenvalue weighted by Gasteiger charge is 2.52. The molecule has 0 radical (unpaired) electrons. The van der Waals surface area contributed by atoms with Crippen LogP contribution in [0.2, 0.25) is 0 Å². The van der Waals surface area contributed by atoms with Gasteiger partial charge in [0.2, 0.25) is 5.91 Å². The second-order valence-corrected chi connectivity index (χ2v) is 4.24. The van der Waals surface area contributed by atoms with Gasteiger partial charge in [0.1, 0.15) is 0 Å². The smallest absolute Gasteiger partial charge is 0.231 e. The van der Waals surface area contributed by atoms with E-state index in [4.69, 9.17) is 5.73 Å². The molecule has 2 aliphatic rings. The van der Waals surface area contributed by atoms with Crippen molar-refractivity contribution in [2.24, 2.45) is 5.73 Å². The number of amides is 1. The SMILES string of the molecule is C=CC1N(CC(N)=O)CC12CCCN2. The Balaban J connectivity index is 2.00. The predicted molar refractivity (Wildman–Crippen MR) is 54.7 cm³/mol. The quantitative estimate of drug-likeness (QED) is 0.595. The van der Waals surface area contributed by atoms with Crippen molar-refractivity contribution in [1.29, 1.82) is 0 Å². The van der Waals surface area contributed by atoms with Crippen LogP contribution in [0.4, 0.5) is 0 Å². The number of carbonyl (C=O) groups excluding carboxylic acids is 1. The van der Waals surface area contributed by atoms with E-state index in [1.54, 1.807) is 0 Å². The minimum atomic E-state index is -0.260. The molecule has 1 amide bonds. The van der Waals surface area contributed by atoms with Crippen molar-refractivity contribution in [2.45, 2.75) is 24.4 Å². The Bertz CT molecular complexity index is 258. The lowest BCUT2D eigenvalue weighted by atomic mass is 9.78. The van der Waals surface area contributed by atoms with E-state index in [1.165, 1.54) is 12.8 Å². The summed E-state index contributed by atoms with van der Waals surface area (Å²) in [7, 11) is 0. The first-order chi connectivity index (χ1) is 6.68. The zero-order valence-electron chi connectivity index (χ0n) is 8.33. The molecule has 0 bridgehead atoms. The normalized spacial score (nSPS) is 37.0. The Kier molecular flexibility index (Phi) is 2.33. The van der Waals surface area contributed by atoms with E-state index < -0.39 is 0 Å². The summed E-state index contributed by atoms with van der Waals surface area (Å²) in [6.45, 7) is 6.17. The minimum Gasteiger partial charge on any atom is -0.369 e. The van der Waals surface area contributed by atoms with Crippen molar-refractivity contribution in [3.8, 4) is 0 Å². The lowest BCUT2D eigenvalue weighted by Crippen LogP contribution is -2.73. The maximum Gasteiger partial charge on any atom is 0.231 e. The first-order valence-electron chi connectivity index (χ1n) is 5.08. The van der Waals surface area contributed by atoms with Gasteiger partial charge in [0.15, 0.2) is 0 Å². The van der Waals surface area contributed by atoms with Crippen LogP contribution in [-0.2, 0) is 4.79 Å². The lowest BCUT2D eigenvalue weighted by Gasteiger charge is -2.54. The predicted octanol–water partition coefficient (Wildman–Crippen LogP) is -0.536. The molecule has 0 saturated carbocycles. The highest BCUT2D eigenvalue weighted by molar-refractivity contribution is 5.76. The number of carbonyl (C=O) groups is 1. The summed E-state index contributed by atoms with van der Waals surface area (Å²) in [6.07, 6.45) is 4.32. The zero-order chi connectivity index (χ0) is 10.2. The number of nitrogens with two attached hydrogens (primary N) is 1. The Hall–Kier alpha value is -0.870. The summed E-state index contributed by atoms with van der Waals surface area (Å²) in [5, 5.41) is 3.51. The van der Waals surface area contributed by atoms with Gasteiger partial charge in [-0.1, -0.05) is 6.08 Å². The molecule has 4 heteroatoms. The molecule has 0 aromatic carbocycles. The molecule has 2 atom stereocenters. The molecule has 2 unspecified atom stereocenters. The number of nitrogens with one attached hydrogen (secondary N) is 1. The van der Waals surface area contributed by atoms with Crippen LogP contribution in [-0.4, -0.2) is 42.0 Å². The Morgan fingerprint density at radius 1 is 1.79 bits per heavy atom. The van der Waals surface area contributed by atoms with E-state index in [-0.39, 0.29) is 17.5 Å². The topological polar surface area (TPSA) is 58.4 Å². The molecule has 2 rings (SSSR count). The van der Waals surface area contributed by atoms with Crippen LogP contribution in [0.5, 0.6) is 0 Å². The molecular formula is C10H17N3O. The summed E-state index contributed by atoms with van der Waals surface area (Å²) in [6, 6.07) is 0.275. The van der Waals surface area contributed by atoms with Gasteiger partial charge in [-0.25, -0.2) is 0 Å². The molecule has 0 aromatic rings. The van der Waals surface area contributed by atoms with E-state index in [9.17, 15) is 4.79 Å². The first kappa shape index (κ1) is 9.68. The molecule has 2 heterocycles. The molecule has 2 saturated heterocycles. The fourth-order valence-corrected chi connectivity index (χ4v) is 2.74. The maximum atomic E-state index is 10.8. The summed E-state index contributed by atoms with van der Waals surface area (Å²) in [5.41, 5.74) is 5.36. The number of hydrogen-bond donors (Lipinski definition) is 2. The van der Waals surface area contributed by atoms with E-state index >= 15 is 0 Å². The average Bonchev–Trinajstić information content (AvgIpc) is 2.53. The molecule has 4 nitrogen and oxygen atoms in total. The molecule has 3 N–H and O–H groups in total. The zero-order valence-corrected chi connectivity index (χ0v) is 8.33. The highest BCUT2D eigenvalue weighted by atomic mass is 16.1. The lowest BCUT2D eigenvalue weighted by molar-refractivity contribution is -0.122. The van der Waals surface area contributed by atoms with Crippen LogP contribution in [0, 0.1) is 0 Å². The van der Waals surface area contributed by atoms with Crippen LogP contribution in [0.15, 0.2) is 12.7 Å². The number of rotatable bonds is 3. The maximum absolute atomic E-state index is 10.8. The van der Waals surface area contributed by atoms with E-state index in [0.717, 1.165) is 13.1 Å². The van der Waals surface area contributed by atoms with Crippen molar-refractivity contribution in [1.82, 2.24) is 10.2 Å². The van der Waals surface area contributed by atoms with Crippen molar-refractivity contribution >= 4 is 5.91 Å². The minimum absolute atomic E-state index is 0.192. The molecule has 78 valence electrons. The molecule has 14 heavy (non-hydrogen) atoms. The Labute approximate surface area is 84.1 Å². The van der Waals surface area contributed by atoms with E-state index in [0.29, 0.717) is 6.54 Å². The van der Waals surface area contributed by atoms with Gasteiger partial charge in [-0.3, -0.25) is 9.69 Å². The summed E-state index contributed by atoms with van der Waals surface area (Å²) in [4.78, 5) is 12.9. The van der Waals surface area contributed by atoms with Crippen molar-refractivity contribution < 1.29 is 4.79 Å². The van der Waals surface area contributed by atoms with Gasteiger partial charge in [0.25, 0.3) is 0 Å². The third kappa shape index (κ3) is 1.35. The number of hydrogen-bond acceptors (Lipinski definition) is 3. The Morgan fingerprint density at radius 3 is 3.07 bits per heavy atom. The van der Waals surface area contributed by atoms with Crippen LogP contribution in [0.1, 0.15) is 12.8 Å². The fourth-order valence-electron chi connectivity index (χ4n) is 2.74. The van der Waals surface area contributed by atoms with Gasteiger partial charge in [-0.05, 0) is 19.4 Å². The second kappa shape index (κ2) is 3.37. The molecule has 2 fully saturated rings. The van der Waals surface area contributed by atoms with Crippen molar-refractivity contribution in [3.63, 3.8) is 0 Å². The van der Waals surface area contributed by atoms with Crippen LogP contribution in [0.25, 0.3) is 0 Å². The second-order valence-electron chi connectivity index (χ2n) is 4.24. The summed E-state index contributed by atoms with van der Waals surface area (Å²) in [5.74, 6) is -0.260. The van der Waals surface area contributed by atoms with Gasteiger partial charge in [0, 0.05) is 12.6 Å². The number of likely N-dealkylation sites (tertiary alicyclic amines) is 1. The third-order valence-corrected chi connectivity index (χ3v) is 3.30. The molecule has 0 aromatic heterocycles. The third-order valence-electron chi connectivity index (χ3n) is 3.30. The largest absolute Gasteiger partial charge is 0.369 e. The van der Waals surface area contributed by atoms with E-state index in [1.807, 2.05) is 6.08 Å². The standard InChI is InChI=1S/C10H17N3O/c1-2-8-10(4-3-5-12-10)7-13(8)6-9(11)14/h2,8,12H,1,3-7H2,(H2,11,14). The average molecular weight is 195 g/mol. The number of nitrogens with zero attached hydrogens (tertiary/aromatic N) is 1. The van der Waals surface area contributed by atoms with Gasteiger partial charge in [-0.2, -0.15) is 0 Å². The van der Waals surface area contributed by atoms with Gasteiger partial charge in [-0.15, -0.1) is 6.58 Å². The van der Waals surface area contributed by atoms with E-state index in [2.05, 4.69) is 16.8 Å². The Morgan fingerprint density at radius 2 is 2.57 bits per heavy atom.